The Bertz CT molecular complexity index is 2430. The normalized spacial score (nSPS) is 20.5. The molecule has 1 saturated carbocycles. The van der Waals surface area contributed by atoms with Gasteiger partial charge in [0.1, 0.15) is 23.3 Å². The Hall–Kier alpha value is -5.74. The quantitative estimate of drug-likeness (QED) is 0.173. The number of carbonyl (C=O) groups excluding carboxylic acids is 4. The lowest BCUT2D eigenvalue weighted by Crippen LogP contribution is -2.52. The van der Waals surface area contributed by atoms with E-state index in [-0.39, 0.29) is 47.7 Å². The molecule has 61 heavy (non-hydrogen) atoms. The lowest BCUT2D eigenvalue weighted by atomic mass is 10.0. The van der Waals surface area contributed by atoms with Crippen molar-refractivity contribution >= 4 is 45.9 Å². The van der Waals surface area contributed by atoms with E-state index in [1.807, 2.05) is 31.3 Å². The van der Waals surface area contributed by atoms with Crippen LogP contribution in [0.15, 0.2) is 41.5 Å². The number of amides is 3. The number of pyridine rings is 2. The Morgan fingerprint density at radius 1 is 0.852 bits per heavy atom. The highest BCUT2D eigenvalue weighted by Gasteiger charge is 2.41. The first-order chi connectivity index (χ1) is 29.6. The van der Waals surface area contributed by atoms with E-state index in [0.29, 0.717) is 41.2 Å². The fourth-order valence-corrected chi connectivity index (χ4v) is 10.0. The molecule has 7 heterocycles. The van der Waals surface area contributed by atoms with Crippen molar-refractivity contribution in [1.82, 2.24) is 39.5 Å². The number of rotatable bonds is 11. The molecule has 0 radical (unpaired) electrons. The number of imide groups is 1. The van der Waals surface area contributed by atoms with E-state index in [9.17, 15) is 24.0 Å². The lowest BCUT2D eigenvalue weighted by molar-refractivity contribution is -0.136. The Kier molecular flexibility index (Phi) is 11.3. The van der Waals surface area contributed by atoms with Gasteiger partial charge in [-0.1, -0.05) is 12.8 Å². The first kappa shape index (κ1) is 40.7. The smallest absolute Gasteiger partial charge is 0.263 e. The van der Waals surface area contributed by atoms with Crippen LogP contribution in [0.2, 0.25) is 0 Å². The molecular formula is C45H54N10O6. The van der Waals surface area contributed by atoms with Crippen molar-refractivity contribution in [2.24, 2.45) is 0 Å². The summed E-state index contributed by atoms with van der Waals surface area (Å²) in [5.74, 6) is 0.146. The van der Waals surface area contributed by atoms with Crippen molar-refractivity contribution < 1.29 is 23.9 Å². The molecule has 3 amide bonds. The fourth-order valence-electron chi connectivity index (χ4n) is 10.0. The predicted molar refractivity (Wildman–Crippen MR) is 229 cm³/mol. The monoisotopic (exact) mass is 830 g/mol. The third-order valence-corrected chi connectivity index (χ3v) is 13.5. The summed E-state index contributed by atoms with van der Waals surface area (Å²) >= 11 is 0. The Labute approximate surface area is 354 Å². The third-order valence-electron chi connectivity index (χ3n) is 13.5. The highest BCUT2D eigenvalue weighted by molar-refractivity contribution is 6.06. The number of ether oxygens (including phenoxy) is 1. The molecule has 0 spiro atoms. The molecule has 3 saturated heterocycles. The molecule has 16 nitrogen and oxygen atoms in total. The Morgan fingerprint density at radius 3 is 2.20 bits per heavy atom. The molecule has 4 aliphatic heterocycles. The van der Waals surface area contributed by atoms with Gasteiger partial charge in [-0.2, -0.15) is 0 Å². The van der Waals surface area contributed by atoms with Gasteiger partial charge >= 0.3 is 0 Å². The van der Waals surface area contributed by atoms with Crippen molar-refractivity contribution in [2.45, 2.75) is 77.4 Å². The molecule has 320 valence electrons. The van der Waals surface area contributed by atoms with Crippen molar-refractivity contribution in [1.29, 1.82) is 0 Å². The summed E-state index contributed by atoms with van der Waals surface area (Å²) in [7, 11) is 1.63. The molecule has 1 N–H and O–H groups in total. The van der Waals surface area contributed by atoms with Gasteiger partial charge in [-0.25, -0.2) is 9.97 Å². The van der Waals surface area contributed by atoms with Crippen LogP contribution in [0.25, 0.3) is 11.0 Å². The van der Waals surface area contributed by atoms with Crippen molar-refractivity contribution in [3.8, 4) is 5.75 Å². The van der Waals surface area contributed by atoms with Crippen LogP contribution in [0.3, 0.4) is 0 Å². The Morgan fingerprint density at radius 2 is 1.56 bits per heavy atom. The number of piperidine rings is 1. The number of hydrogen-bond donors (Lipinski definition) is 1. The van der Waals surface area contributed by atoms with E-state index in [2.05, 4.69) is 36.0 Å². The third kappa shape index (κ3) is 7.87. The number of fused-ring (bicyclic) bond motifs is 2. The first-order valence-electron chi connectivity index (χ1n) is 21.7. The van der Waals surface area contributed by atoms with Crippen LogP contribution in [-0.4, -0.2) is 136 Å². The van der Waals surface area contributed by atoms with E-state index in [0.717, 1.165) is 119 Å². The molecule has 0 bridgehead atoms. The molecule has 5 aliphatic rings. The van der Waals surface area contributed by atoms with Gasteiger partial charge in [0.2, 0.25) is 11.8 Å². The number of nitrogens with one attached hydrogen (secondary N) is 1. The average Bonchev–Trinajstić information content (AvgIpc) is 3.91. The van der Waals surface area contributed by atoms with Crippen LogP contribution < -0.4 is 25.4 Å². The second-order valence-electron chi connectivity index (χ2n) is 17.1. The van der Waals surface area contributed by atoms with Gasteiger partial charge in [0.25, 0.3) is 11.5 Å². The highest BCUT2D eigenvalue weighted by Crippen LogP contribution is 2.40. The number of benzene rings is 1. The standard InChI is InChI=1S/C45H54N10O6/c1-28-34-26-47-38(48-42(34)55(31-6-4-5-7-31)45(60)40(28)29(2)56)24-30-8-9-32(25-46-30)52-20-16-50(17-21-52)14-15-51-18-22-53(23-19-51)36-11-10-33-35(41(36)61-3)27-54(44(33)59)37-12-13-39(57)49-43(37)58/h8-11,25-26,31,37H,4-7,12-24,27H2,1-3H3,(H,49,57,58). The van der Waals surface area contributed by atoms with Gasteiger partial charge in [-0.05, 0) is 62.9 Å². The molecule has 4 aromatic rings. The van der Waals surface area contributed by atoms with Crippen molar-refractivity contribution in [3.05, 3.63) is 80.8 Å². The zero-order chi connectivity index (χ0) is 42.4. The molecule has 3 aromatic heterocycles. The SMILES string of the molecule is COc1c(N2CCN(CCN3CCN(c4ccc(Cc5ncc6c(C)c(C(C)=O)c(=O)n(C7CCCC7)c6n5)nc4)CC3)CC2)ccc2c1CN(C1CCC(=O)NC1=O)C2=O. The van der Waals surface area contributed by atoms with Gasteiger partial charge in [-0.15, -0.1) is 0 Å². The highest BCUT2D eigenvalue weighted by atomic mass is 16.5. The summed E-state index contributed by atoms with van der Waals surface area (Å²) in [6.07, 6.45) is 8.61. The number of Topliss-reactive ketones (excluding diaryl/α,β-unsaturated/α-hetero) is 1. The van der Waals surface area contributed by atoms with Crippen LogP contribution in [0, 0.1) is 6.92 Å². The van der Waals surface area contributed by atoms with Crippen LogP contribution in [0.4, 0.5) is 11.4 Å². The minimum atomic E-state index is -0.661. The lowest BCUT2D eigenvalue weighted by Gasteiger charge is -2.39. The minimum absolute atomic E-state index is 0.0395. The van der Waals surface area contributed by atoms with Crippen LogP contribution >= 0.6 is 0 Å². The topological polar surface area (TPSA) is 166 Å². The van der Waals surface area contributed by atoms with Crippen molar-refractivity contribution in [3.63, 3.8) is 0 Å². The fraction of sp³-hybridized carbons (Fsp3) is 0.511. The number of ketones is 1. The summed E-state index contributed by atoms with van der Waals surface area (Å²) in [6, 6.07) is 7.36. The number of piperazine rings is 2. The van der Waals surface area contributed by atoms with Gasteiger partial charge in [-0.3, -0.25) is 48.6 Å². The maximum atomic E-state index is 13.6. The second-order valence-corrected chi connectivity index (χ2v) is 17.1. The number of aryl methyl sites for hydroxylation is 1. The van der Waals surface area contributed by atoms with Crippen LogP contribution in [0.1, 0.15) is 94.9 Å². The summed E-state index contributed by atoms with van der Waals surface area (Å²) in [6.45, 7) is 12.9. The predicted octanol–water partition coefficient (Wildman–Crippen LogP) is 3.12. The first-order valence-corrected chi connectivity index (χ1v) is 21.7. The molecule has 9 rings (SSSR count). The maximum Gasteiger partial charge on any atom is 0.263 e. The molecule has 16 heteroatoms. The van der Waals surface area contributed by atoms with E-state index in [4.69, 9.17) is 14.7 Å². The summed E-state index contributed by atoms with van der Waals surface area (Å²) in [4.78, 5) is 89.4. The average molecular weight is 831 g/mol. The van der Waals surface area contributed by atoms with Crippen LogP contribution in [0.5, 0.6) is 5.75 Å². The molecule has 1 aliphatic carbocycles. The number of hydrogen-bond acceptors (Lipinski definition) is 13. The van der Waals surface area contributed by atoms with E-state index in [1.54, 1.807) is 22.8 Å². The second kappa shape index (κ2) is 17.0. The summed E-state index contributed by atoms with van der Waals surface area (Å²) < 4.78 is 7.67. The van der Waals surface area contributed by atoms with Gasteiger partial charge in [0, 0.05) is 106 Å². The summed E-state index contributed by atoms with van der Waals surface area (Å²) in [5.41, 5.74) is 5.52. The zero-order valence-electron chi connectivity index (χ0n) is 35.3. The molecular weight excluding hydrogens is 777 g/mol. The number of carbonyl (C=O) groups is 4. The molecule has 1 atom stereocenters. The van der Waals surface area contributed by atoms with E-state index in [1.165, 1.54) is 6.92 Å². The van der Waals surface area contributed by atoms with Gasteiger partial charge in [0.05, 0.1) is 43.2 Å². The largest absolute Gasteiger partial charge is 0.494 e. The molecule has 4 fully saturated rings. The van der Waals surface area contributed by atoms with Crippen LogP contribution in [-0.2, 0) is 22.6 Å². The summed E-state index contributed by atoms with van der Waals surface area (Å²) in [5, 5.41) is 3.12. The number of anilines is 2. The molecule has 1 aromatic carbocycles. The maximum absolute atomic E-state index is 13.6. The van der Waals surface area contributed by atoms with E-state index >= 15 is 0 Å². The van der Waals surface area contributed by atoms with E-state index < -0.39 is 11.9 Å². The Balaban J connectivity index is 0.760. The number of methoxy groups -OCH3 is 1. The zero-order valence-corrected chi connectivity index (χ0v) is 35.3. The van der Waals surface area contributed by atoms with Crippen molar-refractivity contribution in [2.75, 3.05) is 82.4 Å². The molecule has 1 unspecified atom stereocenters. The number of aromatic nitrogens is 4. The van der Waals surface area contributed by atoms with Gasteiger partial charge in [0.15, 0.2) is 5.78 Å². The minimum Gasteiger partial charge on any atom is -0.494 e. The number of nitrogens with zero attached hydrogens (tertiary/aromatic N) is 9. The van der Waals surface area contributed by atoms with Gasteiger partial charge < -0.3 is 19.4 Å².